The van der Waals surface area contributed by atoms with Crippen LogP contribution in [0.3, 0.4) is 0 Å². The molecule has 2 rings (SSSR count). The normalized spacial score (nSPS) is 12.2. The van der Waals surface area contributed by atoms with Crippen molar-refractivity contribution in [1.82, 2.24) is 10.2 Å². The Bertz CT molecular complexity index is 1050. The van der Waals surface area contributed by atoms with Gasteiger partial charge in [0.15, 0.2) is 0 Å². The van der Waals surface area contributed by atoms with Gasteiger partial charge in [0, 0.05) is 22.0 Å². The Labute approximate surface area is 200 Å². The average Bonchev–Trinajstić information content (AvgIpc) is 2.69. The summed E-state index contributed by atoms with van der Waals surface area (Å²) in [5.74, 6) is -0.789. The molecule has 0 heterocycles. The first-order chi connectivity index (χ1) is 14.5. The molecule has 0 fully saturated rings. The highest BCUT2D eigenvalue weighted by atomic mass is 79.9. The monoisotopic (exact) mass is 573 g/mol. The summed E-state index contributed by atoms with van der Waals surface area (Å²) < 4.78 is 27.5. The highest BCUT2D eigenvalue weighted by Crippen LogP contribution is 2.23. The number of nitrogens with one attached hydrogen (secondary N) is 1. The van der Waals surface area contributed by atoms with Crippen LogP contribution in [-0.2, 0) is 26.2 Å². The molecule has 10 heteroatoms. The van der Waals surface area contributed by atoms with Crippen molar-refractivity contribution in [2.24, 2.45) is 0 Å². The van der Waals surface area contributed by atoms with Crippen LogP contribution in [0.2, 0.25) is 0 Å². The summed E-state index contributed by atoms with van der Waals surface area (Å²) in [6, 6.07) is 13.3. The molecule has 0 spiro atoms. The van der Waals surface area contributed by atoms with E-state index in [1.54, 1.807) is 38.1 Å². The standard InChI is InChI=1S/C21H25Br2N3O4S/c1-4-24-21(28)15(2)25(13-16-7-5-8-17(22)11-16)20(27)14-26(31(3,29)30)19-10-6-9-18(23)12-19/h5-12,15H,4,13-14H2,1-3H3,(H,24,28)/t15-/m0/s1. The second-order valence-corrected chi connectivity index (χ2v) is 10.7. The quantitative estimate of drug-likeness (QED) is 0.496. The summed E-state index contributed by atoms with van der Waals surface area (Å²) in [4.78, 5) is 27.2. The van der Waals surface area contributed by atoms with E-state index in [9.17, 15) is 18.0 Å². The Morgan fingerprint density at radius 3 is 2.23 bits per heavy atom. The van der Waals surface area contributed by atoms with Crippen LogP contribution in [-0.4, -0.2) is 50.5 Å². The Balaban J connectivity index is 2.38. The van der Waals surface area contributed by atoms with Crippen LogP contribution in [0.25, 0.3) is 0 Å². The number of hydrogen-bond donors (Lipinski definition) is 1. The lowest BCUT2D eigenvalue weighted by Gasteiger charge is -2.31. The van der Waals surface area contributed by atoms with Gasteiger partial charge in [-0.3, -0.25) is 13.9 Å². The van der Waals surface area contributed by atoms with Crippen LogP contribution in [0.5, 0.6) is 0 Å². The minimum absolute atomic E-state index is 0.159. The van der Waals surface area contributed by atoms with Gasteiger partial charge in [0.1, 0.15) is 12.6 Å². The number of amides is 2. The number of halogens is 2. The van der Waals surface area contributed by atoms with Crippen LogP contribution >= 0.6 is 31.9 Å². The van der Waals surface area contributed by atoms with Gasteiger partial charge < -0.3 is 10.2 Å². The van der Waals surface area contributed by atoms with E-state index in [-0.39, 0.29) is 12.5 Å². The van der Waals surface area contributed by atoms with Crippen molar-refractivity contribution < 1.29 is 18.0 Å². The summed E-state index contributed by atoms with van der Waals surface area (Å²) in [6.45, 7) is 3.59. The van der Waals surface area contributed by atoms with Gasteiger partial charge in [-0.25, -0.2) is 8.42 Å². The molecule has 0 bridgehead atoms. The first-order valence-electron chi connectivity index (χ1n) is 9.57. The van der Waals surface area contributed by atoms with Crippen molar-refractivity contribution >= 4 is 59.4 Å². The maximum absolute atomic E-state index is 13.3. The molecule has 2 amide bonds. The Morgan fingerprint density at radius 2 is 1.68 bits per heavy atom. The zero-order chi connectivity index (χ0) is 23.2. The maximum Gasteiger partial charge on any atom is 0.244 e. The fraction of sp³-hybridized carbons (Fsp3) is 0.333. The lowest BCUT2D eigenvalue weighted by Crippen LogP contribution is -2.51. The van der Waals surface area contributed by atoms with Crippen LogP contribution in [0.4, 0.5) is 5.69 Å². The molecule has 0 unspecified atom stereocenters. The number of hydrogen-bond acceptors (Lipinski definition) is 4. The topological polar surface area (TPSA) is 86.8 Å². The van der Waals surface area contributed by atoms with E-state index in [1.807, 2.05) is 24.3 Å². The fourth-order valence-electron chi connectivity index (χ4n) is 2.98. The SMILES string of the molecule is CCNC(=O)[C@H](C)N(Cc1cccc(Br)c1)C(=O)CN(c1cccc(Br)c1)S(C)(=O)=O. The van der Waals surface area contributed by atoms with Gasteiger partial charge in [-0.2, -0.15) is 0 Å². The molecule has 7 nitrogen and oxygen atoms in total. The van der Waals surface area contributed by atoms with E-state index >= 15 is 0 Å². The molecule has 0 radical (unpaired) electrons. The zero-order valence-electron chi connectivity index (χ0n) is 17.5. The van der Waals surface area contributed by atoms with Gasteiger partial charge in [0.05, 0.1) is 11.9 Å². The lowest BCUT2D eigenvalue weighted by molar-refractivity contribution is -0.139. The van der Waals surface area contributed by atoms with Crippen molar-refractivity contribution in [3.05, 3.63) is 63.0 Å². The molecule has 0 aliphatic carbocycles. The Hall–Kier alpha value is -1.91. The van der Waals surface area contributed by atoms with Gasteiger partial charge in [0.25, 0.3) is 0 Å². The van der Waals surface area contributed by atoms with Gasteiger partial charge in [-0.1, -0.05) is 50.1 Å². The van der Waals surface area contributed by atoms with E-state index in [0.29, 0.717) is 16.7 Å². The summed E-state index contributed by atoms with van der Waals surface area (Å²) in [7, 11) is -3.74. The predicted octanol–water partition coefficient (Wildman–Crippen LogP) is 3.53. The van der Waals surface area contributed by atoms with E-state index in [4.69, 9.17) is 0 Å². The van der Waals surface area contributed by atoms with E-state index < -0.39 is 28.5 Å². The van der Waals surface area contributed by atoms with Crippen molar-refractivity contribution in [2.75, 3.05) is 23.7 Å². The van der Waals surface area contributed by atoms with Gasteiger partial charge in [0.2, 0.25) is 21.8 Å². The second kappa shape index (κ2) is 11.1. The molecule has 168 valence electrons. The number of benzene rings is 2. The van der Waals surface area contributed by atoms with E-state index in [0.717, 1.165) is 20.6 Å². The molecule has 1 N–H and O–H groups in total. The highest BCUT2D eigenvalue weighted by molar-refractivity contribution is 9.10. The zero-order valence-corrected chi connectivity index (χ0v) is 21.5. The third kappa shape index (κ3) is 7.33. The highest BCUT2D eigenvalue weighted by Gasteiger charge is 2.30. The number of carbonyl (C=O) groups excluding carboxylic acids is 2. The molecule has 0 saturated carbocycles. The van der Waals surface area contributed by atoms with E-state index in [2.05, 4.69) is 37.2 Å². The predicted molar refractivity (Wildman–Crippen MR) is 129 cm³/mol. The number of carbonyl (C=O) groups is 2. The van der Waals surface area contributed by atoms with Gasteiger partial charge >= 0.3 is 0 Å². The molecule has 0 aliphatic rings. The summed E-state index contributed by atoms with van der Waals surface area (Å²) in [5, 5.41) is 2.72. The molecule has 2 aromatic rings. The number of anilines is 1. The summed E-state index contributed by atoms with van der Waals surface area (Å²) in [5.41, 5.74) is 1.17. The number of rotatable bonds is 9. The summed E-state index contributed by atoms with van der Waals surface area (Å²) in [6.07, 6.45) is 1.05. The molecule has 0 aromatic heterocycles. The van der Waals surface area contributed by atoms with Crippen LogP contribution < -0.4 is 9.62 Å². The molecule has 0 aliphatic heterocycles. The Morgan fingerprint density at radius 1 is 1.06 bits per heavy atom. The smallest absolute Gasteiger partial charge is 0.244 e. The molecule has 1 atom stereocenters. The van der Waals surface area contributed by atoms with Crippen LogP contribution in [0.15, 0.2) is 57.5 Å². The van der Waals surface area contributed by atoms with Crippen molar-refractivity contribution in [1.29, 1.82) is 0 Å². The largest absolute Gasteiger partial charge is 0.355 e. The van der Waals surface area contributed by atoms with Crippen molar-refractivity contribution in [3.8, 4) is 0 Å². The molecule has 0 saturated heterocycles. The minimum Gasteiger partial charge on any atom is -0.355 e. The first kappa shape index (κ1) is 25.4. The number of nitrogens with zero attached hydrogens (tertiary/aromatic N) is 2. The van der Waals surface area contributed by atoms with Crippen LogP contribution in [0, 0.1) is 0 Å². The lowest BCUT2D eigenvalue weighted by atomic mass is 10.1. The van der Waals surface area contributed by atoms with Crippen molar-refractivity contribution in [2.45, 2.75) is 26.4 Å². The van der Waals surface area contributed by atoms with Gasteiger partial charge in [-0.05, 0) is 49.7 Å². The molecule has 31 heavy (non-hydrogen) atoms. The van der Waals surface area contributed by atoms with Crippen molar-refractivity contribution in [3.63, 3.8) is 0 Å². The minimum atomic E-state index is -3.74. The molecular formula is C21H25Br2N3O4S. The van der Waals surface area contributed by atoms with E-state index in [1.165, 1.54) is 4.90 Å². The molecule has 2 aromatic carbocycles. The number of sulfonamides is 1. The van der Waals surface area contributed by atoms with Crippen LogP contribution in [0.1, 0.15) is 19.4 Å². The van der Waals surface area contributed by atoms with Gasteiger partial charge in [-0.15, -0.1) is 0 Å². The second-order valence-electron chi connectivity index (χ2n) is 6.97. The number of likely N-dealkylation sites (N-methyl/N-ethyl adjacent to an activating group) is 1. The first-order valence-corrected chi connectivity index (χ1v) is 13.0. The fourth-order valence-corrected chi connectivity index (χ4v) is 4.66. The maximum atomic E-state index is 13.3. The average molecular weight is 575 g/mol. The third-order valence-electron chi connectivity index (χ3n) is 4.54. The third-order valence-corrected chi connectivity index (χ3v) is 6.66. The summed E-state index contributed by atoms with van der Waals surface area (Å²) >= 11 is 6.74. The Kier molecular flexibility index (Phi) is 9.08. The molecular weight excluding hydrogens is 550 g/mol.